The molecule has 0 aromatic heterocycles. The highest BCUT2D eigenvalue weighted by Gasteiger charge is 2.44. The third-order valence-corrected chi connectivity index (χ3v) is 5.56. The highest BCUT2D eigenvalue weighted by atomic mass is 19.1. The summed E-state index contributed by atoms with van der Waals surface area (Å²) in [6.07, 6.45) is 3.57. The number of amides is 1. The Labute approximate surface area is 165 Å². The van der Waals surface area contributed by atoms with E-state index in [-0.39, 0.29) is 36.3 Å². The number of halogens is 1. The first-order valence-electron chi connectivity index (χ1n) is 9.90. The molecule has 3 rings (SSSR count). The summed E-state index contributed by atoms with van der Waals surface area (Å²) < 4.78 is 19.3. The summed E-state index contributed by atoms with van der Waals surface area (Å²) in [7, 11) is 0. The number of ether oxygens (including phenoxy) is 1. The van der Waals surface area contributed by atoms with Crippen LogP contribution in [-0.4, -0.2) is 34.5 Å². The minimum absolute atomic E-state index is 0.0377. The SMILES string of the molecule is CC(C)(C)OC(=O)N1C2CCCC1CC(C(=O)c1cc(F)ccc1CC#N)C2. The van der Waals surface area contributed by atoms with E-state index in [1.165, 1.54) is 18.2 Å². The monoisotopic (exact) mass is 386 g/mol. The molecule has 0 saturated carbocycles. The maximum Gasteiger partial charge on any atom is 0.410 e. The van der Waals surface area contributed by atoms with Gasteiger partial charge in [0.1, 0.15) is 11.4 Å². The highest BCUT2D eigenvalue weighted by Crippen LogP contribution is 2.39. The standard InChI is InChI=1S/C22H27FN2O3/c1-22(2,3)28-21(27)25-17-5-4-6-18(25)12-15(11-17)20(26)19-13-16(23)8-7-14(19)9-10-24/h7-8,13,15,17-18H,4-6,9,11-12H2,1-3H3. The normalized spacial score (nSPS) is 24.4. The molecule has 0 radical (unpaired) electrons. The Morgan fingerprint density at radius 1 is 1.25 bits per heavy atom. The van der Waals surface area contributed by atoms with Crippen molar-refractivity contribution >= 4 is 11.9 Å². The van der Waals surface area contributed by atoms with E-state index in [0.717, 1.165) is 19.3 Å². The number of nitrogens with zero attached hydrogens (tertiary/aromatic N) is 2. The number of Topliss-reactive ketones (excluding diaryl/α,β-unsaturated/α-hetero) is 1. The van der Waals surface area contributed by atoms with Crippen LogP contribution in [-0.2, 0) is 11.2 Å². The van der Waals surface area contributed by atoms with E-state index in [4.69, 9.17) is 10.00 Å². The van der Waals surface area contributed by atoms with Crippen LogP contribution in [0.5, 0.6) is 0 Å². The van der Waals surface area contributed by atoms with Crippen molar-refractivity contribution in [2.75, 3.05) is 0 Å². The summed E-state index contributed by atoms with van der Waals surface area (Å²) in [5.74, 6) is -0.866. The van der Waals surface area contributed by atoms with Gasteiger partial charge in [-0.3, -0.25) is 4.79 Å². The van der Waals surface area contributed by atoms with E-state index in [9.17, 15) is 14.0 Å². The van der Waals surface area contributed by atoms with Crippen LogP contribution in [0.2, 0.25) is 0 Å². The van der Waals surface area contributed by atoms with Crippen LogP contribution in [0.1, 0.15) is 68.8 Å². The Hall–Kier alpha value is -2.42. The molecule has 2 fully saturated rings. The fraction of sp³-hybridized carbons (Fsp3) is 0.591. The second kappa shape index (κ2) is 7.90. The molecule has 0 aliphatic carbocycles. The fourth-order valence-electron chi connectivity index (χ4n) is 4.45. The number of fused-ring (bicyclic) bond motifs is 2. The van der Waals surface area contributed by atoms with Crippen molar-refractivity contribution in [1.82, 2.24) is 4.90 Å². The molecular formula is C22H27FN2O3. The van der Waals surface area contributed by atoms with Gasteiger partial charge in [-0.2, -0.15) is 5.26 Å². The molecule has 2 aliphatic rings. The zero-order valence-electron chi connectivity index (χ0n) is 16.7. The van der Waals surface area contributed by atoms with Gasteiger partial charge >= 0.3 is 6.09 Å². The summed E-state index contributed by atoms with van der Waals surface area (Å²) in [6, 6.07) is 6.00. The van der Waals surface area contributed by atoms with Gasteiger partial charge in [0.15, 0.2) is 5.78 Å². The van der Waals surface area contributed by atoms with Gasteiger partial charge in [0.25, 0.3) is 0 Å². The third kappa shape index (κ3) is 4.35. The Morgan fingerprint density at radius 3 is 2.46 bits per heavy atom. The molecule has 1 aromatic carbocycles. The topological polar surface area (TPSA) is 70.4 Å². The number of carbonyl (C=O) groups excluding carboxylic acids is 2. The van der Waals surface area contributed by atoms with Gasteiger partial charge in [-0.1, -0.05) is 6.07 Å². The highest BCUT2D eigenvalue weighted by molar-refractivity contribution is 5.99. The molecule has 2 bridgehead atoms. The van der Waals surface area contributed by atoms with Gasteiger partial charge < -0.3 is 9.64 Å². The molecule has 150 valence electrons. The minimum Gasteiger partial charge on any atom is -0.444 e. The van der Waals surface area contributed by atoms with Gasteiger partial charge in [0.2, 0.25) is 0 Å². The third-order valence-electron chi connectivity index (χ3n) is 5.56. The first kappa shape index (κ1) is 20.3. The zero-order chi connectivity index (χ0) is 20.5. The molecule has 2 saturated heterocycles. The lowest BCUT2D eigenvalue weighted by Gasteiger charge is -2.48. The van der Waals surface area contributed by atoms with Crippen molar-refractivity contribution in [2.24, 2.45) is 5.92 Å². The van der Waals surface area contributed by atoms with Crippen LogP contribution in [0.3, 0.4) is 0 Å². The van der Waals surface area contributed by atoms with Crippen molar-refractivity contribution < 1.29 is 18.7 Å². The average molecular weight is 386 g/mol. The molecule has 2 aliphatic heterocycles. The molecule has 2 heterocycles. The fourth-order valence-corrected chi connectivity index (χ4v) is 4.45. The maximum absolute atomic E-state index is 13.8. The molecule has 5 nitrogen and oxygen atoms in total. The second-order valence-corrected chi connectivity index (χ2v) is 8.80. The summed E-state index contributed by atoms with van der Waals surface area (Å²) in [4.78, 5) is 27.7. The lowest BCUT2D eigenvalue weighted by atomic mass is 9.75. The van der Waals surface area contributed by atoms with Crippen molar-refractivity contribution in [3.63, 3.8) is 0 Å². The Morgan fingerprint density at radius 2 is 1.89 bits per heavy atom. The van der Waals surface area contributed by atoms with Gasteiger partial charge in [0, 0.05) is 23.6 Å². The maximum atomic E-state index is 13.8. The molecule has 6 heteroatoms. The van der Waals surface area contributed by atoms with E-state index in [1.54, 1.807) is 0 Å². The summed E-state index contributed by atoms with van der Waals surface area (Å²) in [5, 5.41) is 9.01. The molecule has 0 N–H and O–H groups in total. The number of ketones is 1. The quantitative estimate of drug-likeness (QED) is 0.710. The van der Waals surface area contributed by atoms with Gasteiger partial charge in [0.05, 0.1) is 12.5 Å². The number of carbonyl (C=O) groups is 2. The Balaban J connectivity index is 1.81. The largest absolute Gasteiger partial charge is 0.444 e. The molecule has 28 heavy (non-hydrogen) atoms. The van der Waals surface area contributed by atoms with Crippen LogP contribution in [0.15, 0.2) is 18.2 Å². The Bertz CT molecular complexity index is 795. The minimum atomic E-state index is -0.564. The first-order chi connectivity index (χ1) is 13.2. The molecular weight excluding hydrogens is 359 g/mol. The lowest BCUT2D eigenvalue weighted by Crippen LogP contribution is -2.56. The second-order valence-electron chi connectivity index (χ2n) is 8.80. The van der Waals surface area contributed by atoms with Crippen LogP contribution in [0.4, 0.5) is 9.18 Å². The number of nitriles is 1. The smallest absolute Gasteiger partial charge is 0.410 e. The van der Waals surface area contributed by atoms with Gasteiger partial charge in [-0.15, -0.1) is 0 Å². The lowest BCUT2D eigenvalue weighted by molar-refractivity contribution is -0.0260. The average Bonchev–Trinajstić information content (AvgIpc) is 2.60. The number of hydrogen-bond acceptors (Lipinski definition) is 4. The molecule has 1 amide bonds. The van der Waals surface area contributed by atoms with Gasteiger partial charge in [-0.25, -0.2) is 9.18 Å². The van der Waals surface area contributed by atoms with Crippen molar-refractivity contribution in [2.45, 2.75) is 77.0 Å². The number of rotatable bonds is 3. The van der Waals surface area contributed by atoms with Crippen LogP contribution >= 0.6 is 0 Å². The summed E-state index contributed by atoms with van der Waals surface area (Å²) >= 11 is 0. The predicted octanol–water partition coefficient (Wildman–Crippen LogP) is 4.64. The molecule has 2 unspecified atom stereocenters. The molecule has 1 aromatic rings. The zero-order valence-corrected chi connectivity index (χ0v) is 16.7. The Kier molecular flexibility index (Phi) is 5.74. The summed E-state index contributed by atoms with van der Waals surface area (Å²) in [5.41, 5.74) is 0.301. The number of piperidine rings is 2. The van der Waals surface area contributed by atoms with Crippen molar-refractivity contribution in [3.05, 3.63) is 35.1 Å². The van der Waals surface area contributed by atoms with Gasteiger partial charge in [-0.05, 0) is 70.6 Å². The van der Waals surface area contributed by atoms with E-state index >= 15 is 0 Å². The molecule has 0 spiro atoms. The predicted molar refractivity (Wildman–Crippen MR) is 102 cm³/mol. The van der Waals surface area contributed by atoms with Crippen LogP contribution < -0.4 is 0 Å². The first-order valence-corrected chi connectivity index (χ1v) is 9.90. The number of benzene rings is 1. The van der Waals surface area contributed by atoms with E-state index < -0.39 is 11.4 Å². The van der Waals surface area contributed by atoms with E-state index in [1.807, 2.05) is 31.7 Å². The molecule has 2 atom stereocenters. The van der Waals surface area contributed by atoms with E-state index in [2.05, 4.69) is 0 Å². The van der Waals surface area contributed by atoms with Crippen LogP contribution in [0, 0.1) is 23.1 Å². The number of hydrogen-bond donors (Lipinski definition) is 0. The summed E-state index contributed by atoms with van der Waals surface area (Å²) in [6.45, 7) is 5.53. The van der Waals surface area contributed by atoms with Crippen LogP contribution in [0.25, 0.3) is 0 Å². The van der Waals surface area contributed by atoms with Crippen molar-refractivity contribution in [1.29, 1.82) is 5.26 Å². The van der Waals surface area contributed by atoms with E-state index in [0.29, 0.717) is 24.0 Å². The van der Waals surface area contributed by atoms with Crippen molar-refractivity contribution in [3.8, 4) is 6.07 Å².